The van der Waals surface area contributed by atoms with E-state index in [0.29, 0.717) is 12.1 Å². The van der Waals surface area contributed by atoms with Crippen LogP contribution in [0.4, 0.5) is 0 Å². The van der Waals surface area contributed by atoms with Gasteiger partial charge >= 0.3 is 0 Å². The van der Waals surface area contributed by atoms with Crippen LogP contribution in [0.15, 0.2) is 4.99 Å². The van der Waals surface area contributed by atoms with E-state index >= 15 is 0 Å². The lowest BCUT2D eigenvalue weighted by Gasteiger charge is -2.28. The number of nitrogens with zero attached hydrogens (tertiary/aromatic N) is 3. The van der Waals surface area contributed by atoms with Crippen molar-refractivity contribution >= 4 is 5.84 Å². The van der Waals surface area contributed by atoms with Gasteiger partial charge in [-0.15, -0.1) is 0 Å². The van der Waals surface area contributed by atoms with Gasteiger partial charge < -0.3 is 4.90 Å². The Morgan fingerprint density at radius 3 is 2.20 bits per heavy atom. The Balaban J connectivity index is 0.000000206. The van der Waals surface area contributed by atoms with Gasteiger partial charge in [0.25, 0.3) is 0 Å². The first-order chi connectivity index (χ1) is 9.56. The maximum atomic E-state index is 4.55. The molecular weight excluding hydrogens is 246 g/mol. The molecule has 0 saturated carbocycles. The summed E-state index contributed by atoms with van der Waals surface area (Å²) in [6.07, 6.45) is 6.63. The molecule has 0 unspecified atom stereocenters. The first-order valence-electron chi connectivity index (χ1n) is 8.60. The van der Waals surface area contributed by atoms with Crippen LogP contribution in [0.5, 0.6) is 0 Å². The Hall–Kier alpha value is -0.570. The van der Waals surface area contributed by atoms with Gasteiger partial charge in [-0.2, -0.15) is 0 Å². The molecule has 0 aromatic carbocycles. The predicted molar refractivity (Wildman–Crippen MR) is 89.6 cm³/mol. The van der Waals surface area contributed by atoms with Crippen molar-refractivity contribution in [3.63, 3.8) is 0 Å². The molecule has 1 saturated heterocycles. The van der Waals surface area contributed by atoms with E-state index in [4.69, 9.17) is 0 Å². The van der Waals surface area contributed by atoms with Gasteiger partial charge in [0.05, 0.1) is 5.84 Å². The number of aliphatic imine (C=N–C) groups is 1. The molecule has 3 nitrogen and oxygen atoms in total. The normalized spacial score (nSPS) is 19.4. The largest absolute Gasteiger partial charge is 0.360 e. The summed E-state index contributed by atoms with van der Waals surface area (Å²) in [5, 5.41) is 0. The van der Waals surface area contributed by atoms with E-state index in [9.17, 15) is 0 Å². The van der Waals surface area contributed by atoms with Crippen molar-refractivity contribution in [1.82, 2.24) is 9.80 Å². The minimum Gasteiger partial charge on any atom is -0.360 e. The summed E-state index contributed by atoms with van der Waals surface area (Å²) in [4.78, 5) is 9.50. The van der Waals surface area contributed by atoms with Crippen LogP contribution >= 0.6 is 0 Å². The zero-order valence-electron chi connectivity index (χ0n) is 14.4. The SMILES string of the molecule is C1CCC2=NCCCN2CC1.CCN(C(C)C)C(C)C. The first kappa shape index (κ1) is 17.5. The van der Waals surface area contributed by atoms with Crippen LogP contribution in [-0.4, -0.2) is 53.9 Å². The van der Waals surface area contributed by atoms with Gasteiger partial charge in [0.2, 0.25) is 0 Å². The van der Waals surface area contributed by atoms with Crippen LogP contribution in [0.3, 0.4) is 0 Å². The van der Waals surface area contributed by atoms with E-state index in [-0.39, 0.29) is 0 Å². The van der Waals surface area contributed by atoms with Gasteiger partial charge in [-0.1, -0.05) is 13.3 Å². The second-order valence-corrected chi connectivity index (χ2v) is 6.47. The lowest BCUT2D eigenvalue weighted by atomic mass is 10.2. The van der Waals surface area contributed by atoms with E-state index in [1.807, 2.05) is 0 Å². The maximum absolute atomic E-state index is 4.55. The number of hydrogen-bond donors (Lipinski definition) is 0. The van der Waals surface area contributed by atoms with Crippen molar-refractivity contribution in [2.45, 2.75) is 78.8 Å². The Bertz CT molecular complexity index is 276. The van der Waals surface area contributed by atoms with Crippen LogP contribution in [0.25, 0.3) is 0 Å². The van der Waals surface area contributed by atoms with Gasteiger partial charge in [-0.3, -0.25) is 9.89 Å². The molecule has 0 spiro atoms. The summed E-state index contributed by atoms with van der Waals surface area (Å²) >= 11 is 0. The van der Waals surface area contributed by atoms with E-state index < -0.39 is 0 Å². The quantitative estimate of drug-likeness (QED) is 0.784. The summed E-state index contributed by atoms with van der Waals surface area (Å²) in [5.41, 5.74) is 0. The van der Waals surface area contributed by atoms with E-state index in [2.05, 4.69) is 49.4 Å². The molecule has 0 N–H and O–H groups in total. The molecule has 0 aromatic heterocycles. The Morgan fingerprint density at radius 2 is 1.65 bits per heavy atom. The Kier molecular flexibility index (Phi) is 8.20. The highest BCUT2D eigenvalue weighted by atomic mass is 15.2. The standard InChI is InChI=1S/C9H16N2.C8H19N/c1-2-5-9-10-6-4-8-11(9)7-3-1;1-6-9(7(2)3)8(4)5/h1-8H2;7-8H,6H2,1-5H3. The lowest BCUT2D eigenvalue weighted by molar-refractivity contribution is 0.185. The highest BCUT2D eigenvalue weighted by Crippen LogP contribution is 2.15. The third kappa shape index (κ3) is 5.82. The molecule has 2 rings (SSSR count). The van der Waals surface area contributed by atoms with Crippen molar-refractivity contribution in [1.29, 1.82) is 0 Å². The van der Waals surface area contributed by atoms with Crippen LogP contribution in [-0.2, 0) is 0 Å². The zero-order chi connectivity index (χ0) is 15.0. The average Bonchev–Trinajstić information content (AvgIpc) is 2.64. The summed E-state index contributed by atoms with van der Waals surface area (Å²) in [6, 6.07) is 1.38. The van der Waals surface area contributed by atoms with E-state index in [1.165, 1.54) is 51.0 Å². The number of rotatable bonds is 3. The molecule has 2 aliphatic heterocycles. The van der Waals surface area contributed by atoms with Gasteiger partial charge in [-0.25, -0.2) is 0 Å². The molecule has 3 heteroatoms. The molecule has 0 aliphatic carbocycles. The Labute approximate surface area is 126 Å². The van der Waals surface area contributed by atoms with Gasteiger partial charge in [0.1, 0.15) is 0 Å². The molecule has 2 heterocycles. The van der Waals surface area contributed by atoms with Crippen molar-refractivity contribution in [2.24, 2.45) is 4.99 Å². The molecule has 0 bridgehead atoms. The van der Waals surface area contributed by atoms with Crippen molar-refractivity contribution in [2.75, 3.05) is 26.2 Å². The van der Waals surface area contributed by atoms with Crippen LogP contribution in [0, 0.1) is 0 Å². The fourth-order valence-corrected chi connectivity index (χ4v) is 3.27. The molecule has 0 aromatic rings. The fourth-order valence-electron chi connectivity index (χ4n) is 3.27. The predicted octanol–water partition coefficient (Wildman–Crippen LogP) is 3.79. The molecule has 0 radical (unpaired) electrons. The third-order valence-corrected chi connectivity index (χ3v) is 4.27. The number of hydrogen-bond acceptors (Lipinski definition) is 3. The first-order valence-corrected chi connectivity index (χ1v) is 8.60. The third-order valence-electron chi connectivity index (χ3n) is 4.27. The molecule has 20 heavy (non-hydrogen) atoms. The summed E-state index contributed by atoms with van der Waals surface area (Å²) in [6.45, 7) is 15.9. The van der Waals surface area contributed by atoms with Crippen LogP contribution < -0.4 is 0 Å². The van der Waals surface area contributed by atoms with Crippen molar-refractivity contribution in [3.05, 3.63) is 0 Å². The van der Waals surface area contributed by atoms with Crippen LogP contribution in [0.1, 0.15) is 66.7 Å². The smallest absolute Gasteiger partial charge is 0.0988 e. The number of fused-ring (bicyclic) bond motifs is 1. The molecule has 0 atom stereocenters. The lowest BCUT2D eigenvalue weighted by Crippen LogP contribution is -2.36. The number of amidine groups is 1. The van der Waals surface area contributed by atoms with Crippen molar-refractivity contribution < 1.29 is 0 Å². The minimum atomic E-state index is 0.690. The van der Waals surface area contributed by atoms with Gasteiger partial charge in [0, 0.05) is 38.1 Å². The molecule has 0 amide bonds. The average molecular weight is 281 g/mol. The van der Waals surface area contributed by atoms with Crippen LogP contribution in [0.2, 0.25) is 0 Å². The monoisotopic (exact) mass is 281 g/mol. The molecule has 2 aliphatic rings. The molecular formula is C17H35N3. The molecule has 118 valence electrons. The highest BCUT2D eigenvalue weighted by molar-refractivity contribution is 5.83. The van der Waals surface area contributed by atoms with E-state index in [0.717, 1.165) is 13.1 Å². The van der Waals surface area contributed by atoms with Crippen molar-refractivity contribution in [3.8, 4) is 0 Å². The second-order valence-electron chi connectivity index (χ2n) is 6.47. The summed E-state index contributed by atoms with van der Waals surface area (Å²) < 4.78 is 0. The summed E-state index contributed by atoms with van der Waals surface area (Å²) in [7, 11) is 0. The minimum absolute atomic E-state index is 0.690. The van der Waals surface area contributed by atoms with Gasteiger partial charge in [0.15, 0.2) is 0 Å². The van der Waals surface area contributed by atoms with Gasteiger partial charge in [-0.05, 0) is 53.5 Å². The maximum Gasteiger partial charge on any atom is 0.0988 e. The zero-order valence-corrected chi connectivity index (χ0v) is 14.4. The van der Waals surface area contributed by atoms with E-state index in [1.54, 1.807) is 0 Å². The highest BCUT2D eigenvalue weighted by Gasteiger charge is 2.16. The second kappa shape index (κ2) is 9.38. The Morgan fingerprint density at radius 1 is 1.00 bits per heavy atom. The topological polar surface area (TPSA) is 18.8 Å². The summed E-state index contributed by atoms with van der Waals surface area (Å²) in [5.74, 6) is 1.40. The fraction of sp³-hybridized carbons (Fsp3) is 0.941. The molecule has 1 fully saturated rings.